The Kier molecular flexibility index (Phi) is 4.66. The summed E-state index contributed by atoms with van der Waals surface area (Å²) in [6.07, 6.45) is -0.621. The van der Waals surface area contributed by atoms with Crippen LogP contribution in [0.25, 0.3) is 0 Å². The molecule has 17 heavy (non-hydrogen) atoms. The van der Waals surface area contributed by atoms with Crippen LogP contribution in [0.5, 0.6) is 0 Å². The molecular formula is C13H19NO3. The number of benzene rings is 1. The number of ether oxygens (including phenoxy) is 1. The zero-order chi connectivity index (χ0) is 13.0. The van der Waals surface area contributed by atoms with Gasteiger partial charge in [-0.25, -0.2) is 4.79 Å². The van der Waals surface area contributed by atoms with E-state index in [1.165, 1.54) is 7.11 Å². The number of carbonyl (C=O) groups is 1. The van der Waals surface area contributed by atoms with Crippen LogP contribution in [0, 0.1) is 13.8 Å². The van der Waals surface area contributed by atoms with Gasteiger partial charge in [-0.1, -0.05) is 6.07 Å². The van der Waals surface area contributed by atoms with E-state index in [0.29, 0.717) is 12.1 Å². The molecule has 0 radical (unpaired) electrons. The number of esters is 1. The molecule has 0 aliphatic rings. The fourth-order valence-electron chi connectivity index (χ4n) is 1.86. The Morgan fingerprint density at radius 3 is 2.59 bits per heavy atom. The molecule has 2 N–H and O–H groups in total. The van der Waals surface area contributed by atoms with Crippen LogP contribution in [-0.2, 0) is 4.74 Å². The molecule has 1 unspecified atom stereocenters. The highest BCUT2D eigenvalue weighted by atomic mass is 16.5. The Hall–Kier alpha value is -1.39. The molecule has 0 aromatic heterocycles. The molecule has 0 fully saturated rings. The van der Waals surface area contributed by atoms with Crippen molar-refractivity contribution >= 4 is 5.97 Å². The summed E-state index contributed by atoms with van der Waals surface area (Å²) in [5.41, 5.74) is 3.08. The maximum absolute atomic E-state index is 11.6. The number of likely N-dealkylation sites (N-methyl/N-ethyl adjacent to an activating group) is 1. The third kappa shape index (κ3) is 3.05. The van der Waals surface area contributed by atoms with Crippen LogP contribution in [0.15, 0.2) is 12.1 Å². The Labute approximate surface area is 102 Å². The molecule has 94 valence electrons. The number of methoxy groups -OCH3 is 1. The van der Waals surface area contributed by atoms with Gasteiger partial charge in [-0.05, 0) is 43.7 Å². The Balaban J connectivity index is 3.18. The molecule has 0 aliphatic carbocycles. The van der Waals surface area contributed by atoms with E-state index in [2.05, 4.69) is 5.32 Å². The molecule has 1 atom stereocenters. The smallest absolute Gasteiger partial charge is 0.338 e. The standard InChI is InChI=1S/C13H19NO3/c1-8-5-9(2)11(13(16)17-4)6-10(8)12(15)7-14-3/h5-6,12,14-15H,7H2,1-4H3. The van der Waals surface area contributed by atoms with Gasteiger partial charge in [0.2, 0.25) is 0 Å². The third-order valence-corrected chi connectivity index (χ3v) is 2.77. The fourth-order valence-corrected chi connectivity index (χ4v) is 1.86. The van der Waals surface area contributed by atoms with Gasteiger partial charge in [-0.15, -0.1) is 0 Å². The zero-order valence-corrected chi connectivity index (χ0v) is 10.7. The van der Waals surface area contributed by atoms with Gasteiger partial charge in [0.25, 0.3) is 0 Å². The van der Waals surface area contributed by atoms with Crippen molar-refractivity contribution in [2.75, 3.05) is 20.7 Å². The molecule has 0 heterocycles. The van der Waals surface area contributed by atoms with Crippen molar-refractivity contribution in [1.82, 2.24) is 5.32 Å². The van der Waals surface area contributed by atoms with Crippen molar-refractivity contribution in [3.63, 3.8) is 0 Å². The van der Waals surface area contributed by atoms with Crippen molar-refractivity contribution in [2.45, 2.75) is 20.0 Å². The van der Waals surface area contributed by atoms with Gasteiger partial charge in [-0.3, -0.25) is 0 Å². The molecule has 0 bridgehead atoms. The Bertz CT molecular complexity index is 415. The van der Waals surface area contributed by atoms with E-state index < -0.39 is 6.10 Å². The number of carbonyl (C=O) groups excluding carboxylic acids is 1. The largest absolute Gasteiger partial charge is 0.465 e. The van der Waals surface area contributed by atoms with Crippen LogP contribution in [0.1, 0.15) is 33.2 Å². The number of rotatable bonds is 4. The molecule has 0 saturated carbocycles. The maximum atomic E-state index is 11.6. The second-order valence-electron chi connectivity index (χ2n) is 4.09. The van der Waals surface area contributed by atoms with Gasteiger partial charge in [0.15, 0.2) is 0 Å². The maximum Gasteiger partial charge on any atom is 0.338 e. The number of nitrogens with one attached hydrogen (secondary N) is 1. The first-order valence-corrected chi connectivity index (χ1v) is 5.53. The predicted octanol–water partition coefficient (Wildman–Crippen LogP) is 1.34. The van der Waals surface area contributed by atoms with Crippen LogP contribution in [0.3, 0.4) is 0 Å². The minimum atomic E-state index is -0.621. The number of aliphatic hydroxyl groups is 1. The molecule has 4 nitrogen and oxygen atoms in total. The van der Waals surface area contributed by atoms with E-state index in [1.54, 1.807) is 13.1 Å². The van der Waals surface area contributed by atoms with Crippen LogP contribution in [0.4, 0.5) is 0 Å². The second-order valence-corrected chi connectivity index (χ2v) is 4.09. The molecule has 1 rings (SSSR count). The van der Waals surface area contributed by atoms with E-state index >= 15 is 0 Å². The molecule has 4 heteroatoms. The molecule has 0 amide bonds. The molecule has 0 aliphatic heterocycles. The summed E-state index contributed by atoms with van der Waals surface area (Å²) in [6.45, 7) is 4.22. The van der Waals surface area contributed by atoms with E-state index in [0.717, 1.165) is 16.7 Å². The molecular weight excluding hydrogens is 218 g/mol. The lowest BCUT2D eigenvalue weighted by Crippen LogP contribution is -2.18. The SMILES string of the molecule is CNCC(O)c1cc(C(=O)OC)c(C)cc1C. The lowest BCUT2D eigenvalue weighted by atomic mass is 9.96. The van der Waals surface area contributed by atoms with Crippen LogP contribution < -0.4 is 5.32 Å². The van der Waals surface area contributed by atoms with E-state index in [9.17, 15) is 9.90 Å². The highest BCUT2D eigenvalue weighted by Gasteiger charge is 2.16. The topological polar surface area (TPSA) is 58.6 Å². The molecule has 1 aromatic rings. The van der Waals surface area contributed by atoms with Gasteiger partial charge in [0, 0.05) is 6.54 Å². The van der Waals surface area contributed by atoms with Crippen LogP contribution in [-0.4, -0.2) is 31.8 Å². The quantitative estimate of drug-likeness (QED) is 0.776. The number of hydrogen-bond acceptors (Lipinski definition) is 4. The van der Waals surface area contributed by atoms with Gasteiger partial charge in [0.1, 0.15) is 0 Å². The fraction of sp³-hybridized carbons (Fsp3) is 0.462. The summed E-state index contributed by atoms with van der Waals surface area (Å²) in [4.78, 5) is 11.6. The average molecular weight is 237 g/mol. The second kappa shape index (κ2) is 5.80. The van der Waals surface area contributed by atoms with Gasteiger partial charge >= 0.3 is 5.97 Å². The summed E-state index contributed by atoms with van der Waals surface area (Å²) in [6, 6.07) is 3.60. The minimum Gasteiger partial charge on any atom is -0.465 e. The van der Waals surface area contributed by atoms with E-state index in [-0.39, 0.29) is 5.97 Å². The number of aryl methyl sites for hydroxylation is 2. The Morgan fingerprint density at radius 2 is 2.06 bits per heavy atom. The summed E-state index contributed by atoms with van der Waals surface area (Å²) >= 11 is 0. The van der Waals surface area contributed by atoms with Gasteiger partial charge in [-0.2, -0.15) is 0 Å². The first-order chi connectivity index (χ1) is 8.01. The van der Waals surface area contributed by atoms with Gasteiger partial charge in [0.05, 0.1) is 18.8 Å². The van der Waals surface area contributed by atoms with E-state index in [4.69, 9.17) is 4.74 Å². The summed E-state index contributed by atoms with van der Waals surface area (Å²) in [7, 11) is 3.12. The average Bonchev–Trinajstić information content (AvgIpc) is 2.28. The van der Waals surface area contributed by atoms with Crippen LogP contribution in [0.2, 0.25) is 0 Å². The first kappa shape index (κ1) is 13.7. The Morgan fingerprint density at radius 1 is 1.41 bits per heavy atom. The zero-order valence-electron chi connectivity index (χ0n) is 10.7. The summed E-state index contributed by atoms with van der Waals surface area (Å²) < 4.78 is 4.72. The van der Waals surface area contributed by atoms with Crippen LogP contribution >= 0.6 is 0 Å². The highest BCUT2D eigenvalue weighted by Crippen LogP contribution is 2.22. The first-order valence-electron chi connectivity index (χ1n) is 5.53. The van der Waals surface area contributed by atoms with Crippen molar-refractivity contribution in [2.24, 2.45) is 0 Å². The molecule has 0 saturated heterocycles. The normalized spacial score (nSPS) is 12.3. The predicted molar refractivity (Wildman–Crippen MR) is 66.1 cm³/mol. The van der Waals surface area contributed by atoms with Crippen molar-refractivity contribution in [3.05, 3.63) is 34.4 Å². The summed E-state index contributed by atoms with van der Waals surface area (Å²) in [5.74, 6) is -0.375. The van der Waals surface area contributed by atoms with Crippen molar-refractivity contribution in [3.8, 4) is 0 Å². The van der Waals surface area contributed by atoms with Crippen molar-refractivity contribution < 1.29 is 14.6 Å². The molecule has 0 spiro atoms. The van der Waals surface area contributed by atoms with E-state index in [1.807, 2.05) is 19.9 Å². The van der Waals surface area contributed by atoms with Crippen molar-refractivity contribution in [1.29, 1.82) is 0 Å². The lowest BCUT2D eigenvalue weighted by Gasteiger charge is -2.16. The number of aliphatic hydroxyl groups excluding tert-OH is 1. The highest BCUT2D eigenvalue weighted by molar-refractivity contribution is 5.91. The lowest BCUT2D eigenvalue weighted by molar-refractivity contribution is 0.0599. The third-order valence-electron chi connectivity index (χ3n) is 2.77. The monoisotopic (exact) mass is 237 g/mol. The molecule has 1 aromatic carbocycles. The van der Waals surface area contributed by atoms with Gasteiger partial charge < -0.3 is 15.2 Å². The number of hydrogen-bond donors (Lipinski definition) is 2. The minimum absolute atomic E-state index is 0.375. The summed E-state index contributed by atoms with van der Waals surface area (Å²) in [5, 5.41) is 12.9.